The Hall–Kier alpha value is -5.26. The molecule has 1 aromatic heterocycles. The molecule has 1 aliphatic heterocycles. The number of thiazole rings is 1. The number of nitrogens with zero attached hydrogens (tertiary/aromatic N) is 2. The molecule has 5 aromatic carbocycles. The second-order valence-corrected chi connectivity index (χ2v) is 13.3. The molecule has 230 valence electrons. The number of anilines is 2. The van der Waals surface area contributed by atoms with Crippen molar-refractivity contribution in [1.29, 1.82) is 0 Å². The Bertz CT molecular complexity index is 2060. The zero-order valence-electron chi connectivity index (χ0n) is 26.0. The van der Waals surface area contributed by atoms with Crippen LogP contribution in [0.15, 0.2) is 127 Å². The molecule has 47 heavy (non-hydrogen) atoms. The van der Waals surface area contributed by atoms with E-state index in [1.807, 2.05) is 12.1 Å². The SMILES string of the molecule is O=COC[n+]1c(/C=C/c2ccc3c(c2)C2CCCC2N3c2ccc(C=C(c3ccccc3)c3ccccc3)cc2)sc2ccccc21. The summed E-state index contributed by atoms with van der Waals surface area (Å²) in [5.41, 5.74) is 11.1. The van der Waals surface area contributed by atoms with Crippen LogP contribution in [-0.2, 0) is 16.3 Å². The van der Waals surface area contributed by atoms with E-state index in [9.17, 15) is 4.79 Å². The number of para-hydroxylation sites is 1. The summed E-state index contributed by atoms with van der Waals surface area (Å²) < 4.78 is 8.37. The molecule has 0 saturated heterocycles. The third-order valence-corrected chi connectivity index (χ3v) is 10.6. The van der Waals surface area contributed by atoms with Gasteiger partial charge in [-0.05, 0) is 88.7 Å². The maximum Gasteiger partial charge on any atom is 0.297 e. The lowest BCUT2D eigenvalue weighted by atomic mass is 9.95. The summed E-state index contributed by atoms with van der Waals surface area (Å²) in [4.78, 5) is 13.5. The smallest absolute Gasteiger partial charge is 0.297 e. The maximum absolute atomic E-state index is 11.0. The fourth-order valence-electron chi connectivity index (χ4n) is 7.36. The summed E-state index contributed by atoms with van der Waals surface area (Å²) in [5, 5.41) is 1.05. The van der Waals surface area contributed by atoms with Crippen LogP contribution < -0.4 is 9.47 Å². The molecule has 0 spiro atoms. The number of carbonyl (C=O) groups is 1. The Morgan fingerprint density at radius 3 is 2.23 bits per heavy atom. The number of benzene rings is 5. The molecular formula is C42H35N2O2S+. The third-order valence-electron chi connectivity index (χ3n) is 9.50. The normalized spacial score (nSPS) is 16.7. The van der Waals surface area contributed by atoms with Gasteiger partial charge in [-0.1, -0.05) is 109 Å². The topological polar surface area (TPSA) is 33.4 Å². The van der Waals surface area contributed by atoms with Gasteiger partial charge in [-0.3, -0.25) is 4.79 Å². The number of fused-ring (bicyclic) bond motifs is 4. The van der Waals surface area contributed by atoms with Gasteiger partial charge in [0.2, 0.25) is 5.52 Å². The second-order valence-electron chi connectivity index (χ2n) is 12.2. The first-order chi connectivity index (χ1) is 23.3. The van der Waals surface area contributed by atoms with Gasteiger partial charge in [-0.25, -0.2) is 0 Å². The molecular weight excluding hydrogens is 597 g/mol. The molecule has 2 heterocycles. The van der Waals surface area contributed by atoms with E-state index in [2.05, 4.69) is 143 Å². The van der Waals surface area contributed by atoms with Crippen LogP contribution >= 0.6 is 11.3 Å². The van der Waals surface area contributed by atoms with Crippen LogP contribution in [0.4, 0.5) is 11.4 Å². The quantitative estimate of drug-likeness (QED) is 0.0905. The summed E-state index contributed by atoms with van der Waals surface area (Å²) in [6.45, 7) is 0.707. The maximum atomic E-state index is 11.0. The number of hydrogen-bond acceptors (Lipinski definition) is 4. The molecule has 4 nitrogen and oxygen atoms in total. The van der Waals surface area contributed by atoms with Crippen LogP contribution in [0.3, 0.4) is 0 Å². The first kappa shape index (κ1) is 29.2. The van der Waals surface area contributed by atoms with Crippen molar-refractivity contribution in [2.45, 2.75) is 38.0 Å². The van der Waals surface area contributed by atoms with Gasteiger partial charge in [0, 0.05) is 35.5 Å². The highest BCUT2D eigenvalue weighted by Crippen LogP contribution is 2.52. The molecule has 2 unspecified atom stereocenters. The highest BCUT2D eigenvalue weighted by atomic mass is 32.1. The van der Waals surface area contributed by atoms with Crippen molar-refractivity contribution in [3.8, 4) is 0 Å². The van der Waals surface area contributed by atoms with Crippen LogP contribution in [-0.4, -0.2) is 12.5 Å². The average molecular weight is 632 g/mol. The van der Waals surface area contributed by atoms with Crippen LogP contribution in [0, 0.1) is 0 Å². The highest BCUT2D eigenvalue weighted by molar-refractivity contribution is 7.18. The van der Waals surface area contributed by atoms with Crippen LogP contribution in [0.1, 0.15) is 58.0 Å². The number of ether oxygens (including phenoxy) is 1. The minimum atomic E-state index is 0.199. The van der Waals surface area contributed by atoms with Gasteiger partial charge in [0.1, 0.15) is 4.70 Å². The Kier molecular flexibility index (Phi) is 7.98. The summed E-state index contributed by atoms with van der Waals surface area (Å²) in [5.74, 6) is 0.538. The van der Waals surface area contributed by atoms with Crippen molar-refractivity contribution in [2.24, 2.45) is 0 Å². The van der Waals surface area contributed by atoms with Crippen LogP contribution in [0.25, 0.3) is 34.0 Å². The molecule has 0 radical (unpaired) electrons. The van der Waals surface area contributed by atoms with Gasteiger partial charge in [-0.15, -0.1) is 4.57 Å². The van der Waals surface area contributed by atoms with Crippen LogP contribution in [0.5, 0.6) is 0 Å². The number of hydrogen-bond donors (Lipinski definition) is 0. The number of aromatic nitrogens is 1. The van der Waals surface area contributed by atoms with Crippen molar-refractivity contribution >= 4 is 63.2 Å². The molecule has 8 rings (SSSR count). The summed E-state index contributed by atoms with van der Waals surface area (Å²) in [6, 6.07) is 46.0. The van der Waals surface area contributed by atoms with E-state index >= 15 is 0 Å². The molecule has 5 heteroatoms. The van der Waals surface area contributed by atoms with Crippen molar-refractivity contribution in [1.82, 2.24) is 0 Å². The van der Waals surface area contributed by atoms with Crippen molar-refractivity contribution in [3.63, 3.8) is 0 Å². The third kappa shape index (κ3) is 5.68. The van der Waals surface area contributed by atoms with Gasteiger partial charge in [0.15, 0.2) is 0 Å². The van der Waals surface area contributed by atoms with Gasteiger partial charge >= 0.3 is 0 Å². The van der Waals surface area contributed by atoms with Crippen molar-refractivity contribution in [3.05, 3.63) is 160 Å². The zero-order chi connectivity index (χ0) is 31.6. The van der Waals surface area contributed by atoms with E-state index in [4.69, 9.17) is 4.74 Å². The molecule has 1 aliphatic carbocycles. The monoisotopic (exact) mass is 631 g/mol. The van der Waals surface area contributed by atoms with Gasteiger partial charge in [0.05, 0.1) is 0 Å². The summed E-state index contributed by atoms with van der Waals surface area (Å²) >= 11 is 1.70. The lowest BCUT2D eigenvalue weighted by Crippen LogP contribution is -2.36. The number of carbonyl (C=O) groups excluding carboxylic acids is 1. The summed E-state index contributed by atoms with van der Waals surface area (Å²) in [7, 11) is 0. The standard InChI is InChI=1S/C42H35N2O2S/c45-29-46-28-43-40-15-7-8-17-41(40)47-42(43)25-21-31-20-24-39-37(27-31)35-14-9-16-38(35)44(39)34-22-18-30(19-23-34)26-36(32-10-3-1-4-11-32)33-12-5-2-6-13-33/h1-8,10-13,15,17-27,29,35,38H,9,14,16,28H2/q+1. The fraction of sp³-hybridized carbons (Fsp3) is 0.143. The molecule has 0 N–H and O–H groups in total. The molecule has 1 saturated carbocycles. The van der Waals surface area contributed by atoms with Gasteiger partial charge in [-0.2, -0.15) is 0 Å². The van der Waals surface area contributed by atoms with E-state index < -0.39 is 0 Å². The van der Waals surface area contributed by atoms with E-state index in [-0.39, 0.29) is 6.73 Å². The summed E-state index contributed by atoms with van der Waals surface area (Å²) in [6.07, 6.45) is 10.3. The van der Waals surface area contributed by atoms with Crippen molar-refractivity contribution in [2.75, 3.05) is 4.90 Å². The minimum Gasteiger partial charge on any atom is -0.407 e. The number of rotatable bonds is 9. The van der Waals surface area contributed by atoms with E-state index in [0.717, 1.165) is 15.2 Å². The van der Waals surface area contributed by atoms with Gasteiger partial charge < -0.3 is 9.64 Å². The lowest BCUT2D eigenvalue weighted by molar-refractivity contribution is -0.700. The zero-order valence-corrected chi connectivity index (χ0v) is 26.9. The minimum absolute atomic E-state index is 0.199. The predicted octanol–water partition coefficient (Wildman–Crippen LogP) is 9.87. The largest absolute Gasteiger partial charge is 0.407 e. The van der Waals surface area contributed by atoms with Gasteiger partial charge in [0.25, 0.3) is 18.2 Å². The fourth-order valence-corrected chi connectivity index (χ4v) is 8.42. The predicted molar refractivity (Wildman–Crippen MR) is 193 cm³/mol. The molecule has 0 amide bonds. The first-order valence-electron chi connectivity index (χ1n) is 16.3. The Morgan fingerprint density at radius 1 is 0.787 bits per heavy atom. The van der Waals surface area contributed by atoms with E-state index in [1.54, 1.807) is 11.3 Å². The van der Waals surface area contributed by atoms with E-state index in [0.29, 0.717) is 18.4 Å². The Balaban J connectivity index is 1.09. The first-order valence-corrected chi connectivity index (χ1v) is 17.1. The Labute approximate surface area is 279 Å². The second kappa shape index (κ2) is 12.9. The molecule has 2 aliphatic rings. The molecule has 0 bridgehead atoms. The molecule has 6 aromatic rings. The lowest BCUT2D eigenvalue weighted by Gasteiger charge is -2.27. The van der Waals surface area contributed by atoms with Crippen LogP contribution in [0.2, 0.25) is 0 Å². The van der Waals surface area contributed by atoms with Crippen molar-refractivity contribution < 1.29 is 14.1 Å². The highest BCUT2D eigenvalue weighted by Gasteiger charge is 2.42. The molecule has 2 atom stereocenters. The average Bonchev–Trinajstić information content (AvgIpc) is 3.83. The molecule has 1 fully saturated rings. The van der Waals surface area contributed by atoms with E-state index in [1.165, 1.54) is 64.0 Å². The Morgan fingerprint density at radius 2 is 1.49 bits per heavy atom.